The standard InChI is InChI=1S/C11H19NO/c1-4-5-6-7-8-12-11(13)9-10(2)3/h8-9H,4-7H2,1-3H3. The Morgan fingerprint density at radius 1 is 1.31 bits per heavy atom. The van der Waals surface area contributed by atoms with Crippen LogP contribution in [0, 0.1) is 0 Å². The van der Waals surface area contributed by atoms with Gasteiger partial charge in [-0.2, -0.15) is 0 Å². The Morgan fingerprint density at radius 2 is 2.00 bits per heavy atom. The first-order valence-corrected chi connectivity index (χ1v) is 4.88. The minimum Gasteiger partial charge on any atom is -0.267 e. The zero-order valence-electron chi connectivity index (χ0n) is 8.84. The van der Waals surface area contributed by atoms with Crippen LogP contribution in [-0.4, -0.2) is 12.1 Å². The van der Waals surface area contributed by atoms with Crippen LogP contribution in [0.5, 0.6) is 0 Å². The van der Waals surface area contributed by atoms with Crippen LogP contribution < -0.4 is 0 Å². The predicted octanol–water partition coefficient (Wildman–Crippen LogP) is 3.13. The number of amides is 1. The van der Waals surface area contributed by atoms with E-state index in [2.05, 4.69) is 11.9 Å². The van der Waals surface area contributed by atoms with Crippen molar-refractivity contribution >= 4 is 12.1 Å². The van der Waals surface area contributed by atoms with Gasteiger partial charge in [0.1, 0.15) is 0 Å². The van der Waals surface area contributed by atoms with E-state index in [9.17, 15) is 4.79 Å². The smallest absolute Gasteiger partial charge is 0.267 e. The molecule has 1 amide bonds. The van der Waals surface area contributed by atoms with E-state index in [0.29, 0.717) is 0 Å². The van der Waals surface area contributed by atoms with Crippen molar-refractivity contribution in [3.05, 3.63) is 11.6 Å². The minimum absolute atomic E-state index is 0.142. The zero-order chi connectivity index (χ0) is 10.1. The topological polar surface area (TPSA) is 29.4 Å². The van der Waals surface area contributed by atoms with Crippen LogP contribution in [0.1, 0.15) is 46.5 Å². The third-order valence-electron chi connectivity index (χ3n) is 1.57. The predicted molar refractivity (Wildman–Crippen MR) is 57.1 cm³/mol. The third-order valence-corrected chi connectivity index (χ3v) is 1.57. The molecule has 0 aliphatic carbocycles. The van der Waals surface area contributed by atoms with Gasteiger partial charge >= 0.3 is 0 Å². The van der Waals surface area contributed by atoms with Gasteiger partial charge in [-0.05, 0) is 26.7 Å². The number of hydrogen-bond donors (Lipinski definition) is 0. The van der Waals surface area contributed by atoms with Crippen molar-refractivity contribution in [1.29, 1.82) is 0 Å². The molecule has 0 aromatic heterocycles. The normalized spacial score (nSPS) is 10.4. The molecule has 0 unspecified atom stereocenters. The SMILES string of the molecule is CCCCCC=NC(=O)C=C(C)C. The number of aliphatic imine (C=N–C) groups is 1. The molecule has 2 heteroatoms. The molecule has 0 heterocycles. The summed E-state index contributed by atoms with van der Waals surface area (Å²) in [6.45, 7) is 5.94. The van der Waals surface area contributed by atoms with Gasteiger partial charge in [-0.15, -0.1) is 0 Å². The Labute approximate surface area is 80.8 Å². The van der Waals surface area contributed by atoms with Crippen molar-refractivity contribution in [1.82, 2.24) is 0 Å². The summed E-state index contributed by atoms with van der Waals surface area (Å²) in [6, 6.07) is 0. The fourth-order valence-corrected chi connectivity index (χ4v) is 0.924. The molecule has 0 bridgehead atoms. The Morgan fingerprint density at radius 3 is 2.54 bits per heavy atom. The Balaban J connectivity index is 3.60. The van der Waals surface area contributed by atoms with Gasteiger partial charge in [0, 0.05) is 12.3 Å². The highest BCUT2D eigenvalue weighted by atomic mass is 16.1. The zero-order valence-corrected chi connectivity index (χ0v) is 8.84. The molecular weight excluding hydrogens is 162 g/mol. The van der Waals surface area contributed by atoms with Crippen molar-refractivity contribution in [2.75, 3.05) is 0 Å². The number of rotatable bonds is 5. The van der Waals surface area contributed by atoms with E-state index in [1.807, 2.05) is 13.8 Å². The van der Waals surface area contributed by atoms with Crippen molar-refractivity contribution in [2.24, 2.45) is 4.99 Å². The quantitative estimate of drug-likeness (QED) is 0.364. The van der Waals surface area contributed by atoms with E-state index in [0.717, 1.165) is 18.4 Å². The average molecular weight is 181 g/mol. The maximum Gasteiger partial charge on any atom is 0.269 e. The van der Waals surface area contributed by atoms with Crippen LogP contribution in [0.3, 0.4) is 0 Å². The number of nitrogens with zero attached hydrogens (tertiary/aromatic N) is 1. The lowest BCUT2D eigenvalue weighted by Gasteiger charge is -1.90. The summed E-state index contributed by atoms with van der Waals surface area (Å²) in [5, 5.41) is 0. The fourth-order valence-electron chi connectivity index (χ4n) is 0.924. The fraction of sp³-hybridized carbons (Fsp3) is 0.636. The lowest BCUT2D eigenvalue weighted by atomic mass is 10.2. The molecule has 0 spiro atoms. The van der Waals surface area contributed by atoms with E-state index < -0.39 is 0 Å². The largest absolute Gasteiger partial charge is 0.269 e. The highest BCUT2D eigenvalue weighted by molar-refractivity contribution is 5.93. The van der Waals surface area contributed by atoms with Gasteiger partial charge in [0.25, 0.3) is 5.91 Å². The van der Waals surface area contributed by atoms with E-state index in [4.69, 9.17) is 0 Å². The number of carbonyl (C=O) groups is 1. The summed E-state index contributed by atoms with van der Waals surface area (Å²) in [4.78, 5) is 14.8. The monoisotopic (exact) mass is 181 g/mol. The van der Waals surface area contributed by atoms with Crippen LogP contribution >= 0.6 is 0 Å². The molecule has 0 aliphatic rings. The summed E-state index contributed by atoms with van der Waals surface area (Å²) in [5.74, 6) is -0.142. The number of hydrogen-bond acceptors (Lipinski definition) is 1. The van der Waals surface area contributed by atoms with Crippen LogP contribution in [0.15, 0.2) is 16.6 Å². The molecule has 74 valence electrons. The third kappa shape index (κ3) is 8.99. The van der Waals surface area contributed by atoms with E-state index in [1.165, 1.54) is 12.8 Å². The molecule has 0 N–H and O–H groups in total. The maximum absolute atomic E-state index is 11.0. The first kappa shape index (κ1) is 12.1. The minimum atomic E-state index is -0.142. The molecule has 0 atom stereocenters. The summed E-state index contributed by atoms with van der Waals surface area (Å²) in [7, 11) is 0. The molecule has 2 nitrogen and oxygen atoms in total. The van der Waals surface area contributed by atoms with Crippen molar-refractivity contribution in [2.45, 2.75) is 46.5 Å². The molecule has 0 radical (unpaired) electrons. The first-order valence-electron chi connectivity index (χ1n) is 4.88. The number of unbranched alkanes of at least 4 members (excludes halogenated alkanes) is 3. The van der Waals surface area contributed by atoms with Gasteiger partial charge in [-0.3, -0.25) is 4.79 Å². The lowest BCUT2D eigenvalue weighted by Crippen LogP contribution is -1.89. The van der Waals surface area contributed by atoms with E-state index in [1.54, 1.807) is 12.3 Å². The summed E-state index contributed by atoms with van der Waals surface area (Å²) in [5.41, 5.74) is 0.996. The summed E-state index contributed by atoms with van der Waals surface area (Å²) >= 11 is 0. The Kier molecular flexibility index (Phi) is 7.17. The lowest BCUT2D eigenvalue weighted by molar-refractivity contribution is -0.113. The average Bonchev–Trinajstić information content (AvgIpc) is 2.02. The maximum atomic E-state index is 11.0. The van der Waals surface area contributed by atoms with E-state index >= 15 is 0 Å². The van der Waals surface area contributed by atoms with Crippen LogP contribution in [0.4, 0.5) is 0 Å². The van der Waals surface area contributed by atoms with Crippen LogP contribution in [0.2, 0.25) is 0 Å². The van der Waals surface area contributed by atoms with Crippen molar-refractivity contribution < 1.29 is 4.79 Å². The molecule has 0 aliphatic heterocycles. The molecule has 0 fully saturated rings. The Bertz CT molecular complexity index is 200. The van der Waals surface area contributed by atoms with Crippen LogP contribution in [0.25, 0.3) is 0 Å². The molecule has 0 aromatic rings. The second-order valence-electron chi connectivity index (χ2n) is 3.37. The van der Waals surface area contributed by atoms with E-state index in [-0.39, 0.29) is 5.91 Å². The van der Waals surface area contributed by atoms with Crippen molar-refractivity contribution in [3.8, 4) is 0 Å². The molecule has 0 rings (SSSR count). The van der Waals surface area contributed by atoms with Crippen LogP contribution in [-0.2, 0) is 4.79 Å². The number of allylic oxidation sites excluding steroid dienone is 1. The van der Waals surface area contributed by atoms with Gasteiger partial charge in [0.2, 0.25) is 0 Å². The van der Waals surface area contributed by atoms with Gasteiger partial charge in [0.05, 0.1) is 0 Å². The molecule has 0 saturated heterocycles. The Hall–Kier alpha value is -0.920. The second kappa shape index (κ2) is 7.71. The second-order valence-corrected chi connectivity index (χ2v) is 3.37. The highest BCUT2D eigenvalue weighted by Gasteiger charge is 1.90. The van der Waals surface area contributed by atoms with Gasteiger partial charge in [0.15, 0.2) is 0 Å². The molecule has 13 heavy (non-hydrogen) atoms. The molecule has 0 aromatic carbocycles. The van der Waals surface area contributed by atoms with Crippen molar-refractivity contribution in [3.63, 3.8) is 0 Å². The summed E-state index contributed by atoms with van der Waals surface area (Å²) in [6.07, 6.45) is 7.73. The van der Waals surface area contributed by atoms with Gasteiger partial charge in [-0.1, -0.05) is 25.3 Å². The highest BCUT2D eigenvalue weighted by Crippen LogP contribution is 1.96. The molecule has 0 saturated carbocycles. The summed E-state index contributed by atoms with van der Waals surface area (Å²) < 4.78 is 0. The molecular formula is C11H19NO. The number of carbonyl (C=O) groups excluding carboxylic acids is 1. The van der Waals surface area contributed by atoms with Gasteiger partial charge in [-0.25, -0.2) is 4.99 Å². The van der Waals surface area contributed by atoms with Gasteiger partial charge < -0.3 is 0 Å². The first-order chi connectivity index (χ1) is 6.16.